The first-order valence-corrected chi connectivity index (χ1v) is 6.88. The first-order valence-electron chi connectivity index (χ1n) is 3.01. The molecule has 0 aromatic heterocycles. The van der Waals surface area contributed by atoms with Gasteiger partial charge in [0.25, 0.3) is 0 Å². The molecule has 0 fully saturated rings. The van der Waals surface area contributed by atoms with Crippen LogP contribution in [0.5, 0.6) is 0 Å². The molecule has 2 nitrogen and oxygen atoms in total. The van der Waals surface area contributed by atoms with Crippen molar-refractivity contribution in [1.82, 2.24) is 0 Å². The SMILES string of the molecule is O=CC(Br)C(Br)C(=O)C(Br)CBr. The Morgan fingerprint density at radius 1 is 1.33 bits per heavy atom. The molecular weight excluding hydrogens is 424 g/mol. The van der Waals surface area contributed by atoms with Crippen molar-refractivity contribution in [1.29, 1.82) is 0 Å². The molecule has 0 spiro atoms. The molecule has 0 aliphatic heterocycles. The molecule has 0 heterocycles. The maximum atomic E-state index is 11.4. The van der Waals surface area contributed by atoms with Gasteiger partial charge in [0.1, 0.15) is 6.29 Å². The highest BCUT2D eigenvalue weighted by Gasteiger charge is 2.27. The molecule has 0 saturated heterocycles. The van der Waals surface area contributed by atoms with Crippen LogP contribution in [0.15, 0.2) is 0 Å². The third-order valence-electron chi connectivity index (χ3n) is 1.13. The number of carbonyl (C=O) groups excluding carboxylic acids is 2. The Morgan fingerprint density at radius 3 is 2.17 bits per heavy atom. The molecule has 0 saturated carbocycles. The van der Waals surface area contributed by atoms with Crippen molar-refractivity contribution in [3.05, 3.63) is 0 Å². The summed E-state index contributed by atoms with van der Waals surface area (Å²) >= 11 is 12.5. The summed E-state index contributed by atoms with van der Waals surface area (Å²) in [5.74, 6) is -0.0548. The van der Waals surface area contributed by atoms with Crippen molar-refractivity contribution >= 4 is 75.8 Å². The molecule has 3 atom stereocenters. The fourth-order valence-corrected chi connectivity index (χ4v) is 2.14. The normalized spacial score (nSPS) is 18.0. The van der Waals surface area contributed by atoms with Crippen molar-refractivity contribution in [2.45, 2.75) is 14.5 Å². The number of Topliss-reactive ketones (excluding diaryl/α,β-unsaturated/α-hetero) is 1. The fourth-order valence-electron chi connectivity index (χ4n) is 0.475. The zero-order chi connectivity index (χ0) is 9.72. The van der Waals surface area contributed by atoms with Gasteiger partial charge in [-0.25, -0.2) is 0 Å². The largest absolute Gasteiger partial charge is 0.302 e. The van der Waals surface area contributed by atoms with E-state index in [1.165, 1.54) is 0 Å². The molecule has 0 aliphatic carbocycles. The molecule has 12 heavy (non-hydrogen) atoms. The Balaban J connectivity index is 4.18. The standard InChI is InChI=1S/C6H6Br4O2/c7-1-3(8)6(12)5(10)4(9)2-11/h2-5H,1H2. The molecule has 70 valence electrons. The average Bonchev–Trinajstić information content (AvgIpc) is 2.12. The molecule has 0 aromatic carbocycles. The number of aldehydes is 1. The summed E-state index contributed by atoms with van der Waals surface area (Å²) in [7, 11) is 0. The minimum atomic E-state index is -0.475. The van der Waals surface area contributed by atoms with Crippen LogP contribution in [0, 0.1) is 0 Å². The van der Waals surface area contributed by atoms with E-state index in [0.29, 0.717) is 11.6 Å². The highest BCUT2D eigenvalue weighted by molar-refractivity contribution is 9.13. The van der Waals surface area contributed by atoms with Gasteiger partial charge in [0.2, 0.25) is 0 Å². The van der Waals surface area contributed by atoms with Gasteiger partial charge < -0.3 is 4.79 Å². The molecule has 6 heteroatoms. The van der Waals surface area contributed by atoms with E-state index in [1.54, 1.807) is 0 Å². The van der Waals surface area contributed by atoms with Gasteiger partial charge in [0.15, 0.2) is 5.78 Å². The van der Waals surface area contributed by atoms with E-state index in [2.05, 4.69) is 63.7 Å². The topological polar surface area (TPSA) is 34.1 Å². The van der Waals surface area contributed by atoms with Crippen LogP contribution in [0.3, 0.4) is 0 Å². The second-order valence-corrected chi connectivity index (χ2v) is 5.80. The lowest BCUT2D eigenvalue weighted by atomic mass is 10.2. The Bertz CT molecular complexity index is 173. The van der Waals surface area contributed by atoms with E-state index in [4.69, 9.17) is 0 Å². The van der Waals surface area contributed by atoms with Gasteiger partial charge in [-0.3, -0.25) is 4.79 Å². The predicted octanol–water partition coefficient (Wildman–Crippen LogP) is 2.44. The zero-order valence-corrected chi connectivity index (χ0v) is 12.2. The number of hydrogen-bond acceptors (Lipinski definition) is 2. The molecular formula is C6H6Br4O2. The first kappa shape index (κ1) is 13.3. The highest BCUT2D eigenvalue weighted by atomic mass is 79.9. The number of alkyl halides is 4. The Labute approximate surface area is 104 Å². The smallest absolute Gasteiger partial charge is 0.162 e. The lowest BCUT2D eigenvalue weighted by molar-refractivity contribution is -0.118. The number of rotatable bonds is 5. The molecule has 0 radical (unpaired) electrons. The van der Waals surface area contributed by atoms with E-state index < -0.39 is 9.65 Å². The quantitative estimate of drug-likeness (QED) is 0.497. The van der Waals surface area contributed by atoms with E-state index in [-0.39, 0.29) is 10.6 Å². The first-order chi connectivity index (χ1) is 5.54. The number of ketones is 1. The third kappa shape index (κ3) is 3.98. The van der Waals surface area contributed by atoms with Crippen LogP contribution in [0.2, 0.25) is 0 Å². The van der Waals surface area contributed by atoms with Crippen LogP contribution in [0.1, 0.15) is 0 Å². The van der Waals surface area contributed by atoms with Crippen LogP contribution in [-0.2, 0) is 9.59 Å². The molecule has 3 unspecified atom stereocenters. The van der Waals surface area contributed by atoms with E-state index in [0.717, 1.165) is 0 Å². The second kappa shape index (κ2) is 6.68. The minimum Gasteiger partial charge on any atom is -0.302 e. The van der Waals surface area contributed by atoms with Gasteiger partial charge in [0, 0.05) is 5.33 Å². The lowest BCUT2D eigenvalue weighted by Gasteiger charge is -2.12. The zero-order valence-electron chi connectivity index (χ0n) is 5.84. The Hall–Kier alpha value is 1.26. The number of halogens is 4. The summed E-state index contributed by atoms with van der Waals surface area (Å²) < 4.78 is 0. The third-order valence-corrected chi connectivity index (χ3v) is 5.89. The Morgan fingerprint density at radius 2 is 1.83 bits per heavy atom. The van der Waals surface area contributed by atoms with Crippen molar-refractivity contribution in [3.63, 3.8) is 0 Å². The van der Waals surface area contributed by atoms with Crippen molar-refractivity contribution in [3.8, 4) is 0 Å². The van der Waals surface area contributed by atoms with Crippen LogP contribution >= 0.6 is 63.7 Å². The van der Waals surface area contributed by atoms with Crippen molar-refractivity contribution in [2.75, 3.05) is 5.33 Å². The molecule has 0 rings (SSSR count). The molecule has 0 aromatic rings. The van der Waals surface area contributed by atoms with E-state index in [9.17, 15) is 9.59 Å². The minimum absolute atomic E-state index is 0.0548. The summed E-state index contributed by atoms with van der Waals surface area (Å²) in [6.07, 6.45) is 0.686. The van der Waals surface area contributed by atoms with E-state index >= 15 is 0 Å². The fraction of sp³-hybridized carbons (Fsp3) is 0.667. The maximum absolute atomic E-state index is 11.4. The van der Waals surface area contributed by atoms with Gasteiger partial charge in [-0.2, -0.15) is 0 Å². The van der Waals surface area contributed by atoms with Crippen molar-refractivity contribution in [2.24, 2.45) is 0 Å². The second-order valence-electron chi connectivity index (χ2n) is 2.01. The monoisotopic (exact) mass is 426 g/mol. The van der Waals surface area contributed by atoms with Crippen LogP contribution in [-0.4, -0.2) is 31.9 Å². The highest BCUT2D eigenvalue weighted by Crippen LogP contribution is 2.19. The van der Waals surface area contributed by atoms with Crippen molar-refractivity contribution < 1.29 is 9.59 Å². The molecule has 0 aliphatic rings. The summed E-state index contributed by atoms with van der Waals surface area (Å²) in [5.41, 5.74) is 0. The molecule has 0 N–H and O–H groups in total. The summed E-state index contributed by atoms with van der Waals surface area (Å²) in [5, 5.41) is 0.534. The summed E-state index contributed by atoms with van der Waals surface area (Å²) in [6.45, 7) is 0. The van der Waals surface area contributed by atoms with Gasteiger partial charge >= 0.3 is 0 Å². The van der Waals surface area contributed by atoms with Gasteiger partial charge in [-0.15, -0.1) is 0 Å². The number of hydrogen-bond donors (Lipinski definition) is 0. The van der Waals surface area contributed by atoms with Gasteiger partial charge in [0.05, 0.1) is 14.5 Å². The lowest BCUT2D eigenvalue weighted by Crippen LogP contribution is -2.32. The maximum Gasteiger partial charge on any atom is 0.162 e. The molecule has 0 bridgehead atoms. The van der Waals surface area contributed by atoms with Crippen LogP contribution in [0.4, 0.5) is 0 Å². The van der Waals surface area contributed by atoms with Crippen LogP contribution in [0.25, 0.3) is 0 Å². The predicted molar refractivity (Wildman–Crippen MR) is 63.0 cm³/mol. The Kier molecular flexibility index (Phi) is 7.38. The number of carbonyl (C=O) groups is 2. The van der Waals surface area contributed by atoms with Gasteiger partial charge in [-0.1, -0.05) is 63.7 Å². The average molecular weight is 430 g/mol. The van der Waals surface area contributed by atoms with E-state index in [1.807, 2.05) is 0 Å². The molecule has 0 amide bonds. The summed E-state index contributed by atoms with van der Waals surface area (Å²) in [6, 6.07) is 0. The summed E-state index contributed by atoms with van der Waals surface area (Å²) in [4.78, 5) is 20.5. The van der Waals surface area contributed by atoms with Crippen LogP contribution < -0.4 is 0 Å². The van der Waals surface area contributed by atoms with Gasteiger partial charge in [-0.05, 0) is 0 Å².